The highest BCUT2D eigenvalue weighted by atomic mass is 32.2. The molecule has 110 valence electrons. The van der Waals surface area contributed by atoms with Crippen molar-refractivity contribution in [3.05, 3.63) is 60.4 Å². The molecule has 1 aromatic carbocycles. The van der Waals surface area contributed by atoms with Gasteiger partial charge in [0.05, 0.1) is 5.92 Å². The van der Waals surface area contributed by atoms with Crippen LogP contribution in [0.4, 0.5) is 0 Å². The van der Waals surface area contributed by atoms with Gasteiger partial charge >= 0.3 is 0 Å². The van der Waals surface area contributed by atoms with Crippen LogP contribution in [0.1, 0.15) is 24.8 Å². The van der Waals surface area contributed by atoms with Crippen LogP contribution in [0.15, 0.2) is 59.8 Å². The summed E-state index contributed by atoms with van der Waals surface area (Å²) in [4.78, 5) is 16.0. The van der Waals surface area contributed by atoms with Crippen molar-refractivity contribution in [3.63, 3.8) is 0 Å². The van der Waals surface area contributed by atoms with E-state index in [4.69, 9.17) is 0 Å². The lowest BCUT2D eigenvalue weighted by molar-refractivity contribution is -0.120. The Morgan fingerprint density at radius 3 is 2.48 bits per heavy atom. The van der Waals surface area contributed by atoms with E-state index in [1.165, 1.54) is 24.5 Å². The molecule has 0 radical (unpaired) electrons. The first-order chi connectivity index (χ1) is 10.0. The predicted octanol–water partition coefficient (Wildman–Crippen LogP) is 2.08. The average Bonchev–Trinajstić information content (AvgIpc) is 2.49. The number of hydrogen-bond acceptors (Lipinski definition) is 4. The van der Waals surface area contributed by atoms with E-state index in [0.29, 0.717) is 6.42 Å². The van der Waals surface area contributed by atoms with Crippen molar-refractivity contribution < 1.29 is 13.2 Å². The van der Waals surface area contributed by atoms with Gasteiger partial charge in [-0.15, -0.1) is 0 Å². The summed E-state index contributed by atoms with van der Waals surface area (Å²) in [5.41, 5.74) is 0.791. The lowest BCUT2D eigenvalue weighted by Crippen LogP contribution is -2.34. The fraction of sp³-hybridized carbons (Fsp3) is 0.200. The molecule has 0 bridgehead atoms. The minimum absolute atomic E-state index is 0.0266. The molecule has 2 rings (SSSR count). The molecule has 1 heterocycles. The fourth-order valence-electron chi connectivity index (χ4n) is 2.03. The van der Waals surface area contributed by atoms with Gasteiger partial charge < -0.3 is 0 Å². The van der Waals surface area contributed by atoms with Gasteiger partial charge in [-0.1, -0.05) is 37.3 Å². The molecule has 1 aromatic heterocycles. The molecule has 0 spiro atoms. The molecule has 1 N–H and O–H groups in total. The molecule has 0 saturated heterocycles. The Bertz CT molecular complexity index is 700. The van der Waals surface area contributed by atoms with Gasteiger partial charge in [-0.05, 0) is 24.1 Å². The van der Waals surface area contributed by atoms with Crippen LogP contribution >= 0.6 is 0 Å². The van der Waals surface area contributed by atoms with Gasteiger partial charge in [-0.25, -0.2) is 13.1 Å². The molecule has 0 aliphatic heterocycles. The molecule has 0 unspecified atom stereocenters. The number of nitrogens with one attached hydrogen (secondary N) is 1. The summed E-state index contributed by atoms with van der Waals surface area (Å²) in [5.74, 6) is -1.04. The number of hydrogen-bond donors (Lipinski definition) is 1. The van der Waals surface area contributed by atoms with E-state index in [1.54, 1.807) is 0 Å². The summed E-state index contributed by atoms with van der Waals surface area (Å²) < 4.78 is 26.4. The molecule has 0 fully saturated rings. The van der Waals surface area contributed by atoms with Crippen LogP contribution in [0.2, 0.25) is 0 Å². The standard InChI is InChI=1S/C15H16N2O3S/c1-2-14(12-7-4-3-5-8-12)15(18)17-21(19,20)13-9-6-10-16-11-13/h3-11,14H,2H2,1H3,(H,17,18)/t14-/m0/s1. The molecular formula is C15H16N2O3S. The number of sulfonamides is 1. The lowest BCUT2D eigenvalue weighted by atomic mass is 9.96. The quantitative estimate of drug-likeness (QED) is 0.917. The van der Waals surface area contributed by atoms with Crippen molar-refractivity contribution in [2.45, 2.75) is 24.2 Å². The Hall–Kier alpha value is -2.21. The normalized spacial score (nSPS) is 12.6. The van der Waals surface area contributed by atoms with Crippen molar-refractivity contribution in [2.75, 3.05) is 0 Å². The molecule has 21 heavy (non-hydrogen) atoms. The summed E-state index contributed by atoms with van der Waals surface area (Å²) in [7, 11) is -3.88. The Kier molecular flexibility index (Phi) is 4.70. The van der Waals surface area contributed by atoms with Crippen LogP contribution in [-0.4, -0.2) is 19.3 Å². The van der Waals surface area contributed by atoms with Crippen molar-refractivity contribution in [3.8, 4) is 0 Å². The van der Waals surface area contributed by atoms with E-state index in [1.807, 2.05) is 37.3 Å². The van der Waals surface area contributed by atoms with Gasteiger partial charge in [0.1, 0.15) is 4.90 Å². The highest BCUT2D eigenvalue weighted by molar-refractivity contribution is 7.90. The molecular weight excluding hydrogens is 288 g/mol. The smallest absolute Gasteiger partial charge is 0.265 e. The number of rotatable bonds is 5. The first-order valence-corrected chi connectivity index (χ1v) is 8.04. The Labute approximate surface area is 124 Å². The zero-order valence-corrected chi connectivity index (χ0v) is 12.4. The van der Waals surface area contributed by atoms with Crippen LogP contribution < -0.4 is 4.72 Å². The highest BCUT2D eigenvalue weighted by Gasteiger charge is 2.24. The maximum absolute atomic E-state index is 12.3. The second-order valence-electron chi connectivity index (χ2n) is 4.53. The summed E-state index contributed by atoms with van der Waals surface area (Å²) in [6, 6.07) is 12.0. The van der Waals surface area contributed by atoms with E-state index in [-0.39, 0.29) is 4.90 Å². The zero-order valence-electron chi connectivity index (χ0n) is 11.6. The molecule has 0 aliphatic rings. The van der Waals surface area contributed by atoms with Gasteiger partial charge in [-0.3, -0.25) is 9.78 Å². The van der Waals surface area contributed by atoms with Gasteiger partial charge in [-0.2, -0.15) is 0 Å². The largest absolute Gasteiger partial charge is 0.273 e. The number of aromatic nitrogens is 1. The molecule has 0 aliphatic carbocycles. The summed E-state index contributed by atoms with van der Waals surface area (Å²) in [6.45, 7) is 1.84. The molecule has 2 aromatic rings. The third-order valence-electron chi connectivity index (χ3n) is 3.11. The Morgan fingerprint density at radius 1 is 1.19 bits per heavy atom. The maximum Gasteiger partial charge on any atom is 0.265 e. The molecule has 1 atom stereocenters. The fourth-order valence-corrected chi connectivity index (χ4v) is 3.01. The summed E-state index contributed by atoms with van der Waals surface area (Å²) in [6.07, 6.45) is 3.19. The van der Waals surface area contributed by atoms with Gasteiger partial charge in [0.2, 0.25) is 5.91 Å². The van der Waals surface area contributed by atoms with Crippen molar-refractivity contribution in [2.24, 2.45) is 0 Å². The molecule has 1 amide bonds. The third-order valence-corrected chi connectivity index (χ3v) is 4.44. The third kappa shape index (κ3) is 3.66. The number of nitrogens with zero attached hydrogens (tertiary/aromatic N) is 1. The first-order valence-electron chi connectivity index (χ1n) is 6.56. The topological polar surface area (TPSA) is 76.1 Å². The van der Waals surface area contributed by atoms with E-state index in [9.17, 15) is 13.2 Å². The summed E-state index contributed by atoms with van der Waals surface area (Å²) >= 11 is 0. The van der Waals surface area contributed by atoms with Crippen LogP contribution in [0, 0.1) is 0 Å². The number of pyridine rings is 1. The second-order valence-corrected chi connectivity index (χ2v) is 6.21. The average molecular weight is 304 g/mol. The van der Waals surface area contributed by atoms with Crippen LogP contribution in [0.3, 0.4) is 0 Å². The second kappa shape index (κ2) is 6.49. The lowest BCUT2D eigenvalue weighted by Gasteiger charge is -2.15. The summed E-state index contributed by atoms with van der Waals surface area (Å²) in [5, 5.41) is 0. The van der Waals surface area contributed by atoms with E-state index in [2.05, 4.69) is 9.71 Å². The maximum atomic E-state index is 12.3. The predicted molar refractivity (Wildman–Crippen MR) is 79.0 cm³/mol. The number of carbonyl (C=O) groups excluding carboxylic acids is 1. The van der Waals surface area contributed by atoms with Gasteiger partial charge in [0.15, 0.2) is 0 Å². The van der Waals surface area contributed by atoms with Gasteiger partial charge in [0, 0.05) is 12.4 Å². The number of benzene rings is 1. The molecule has 6 heteroatoms. The van der Waals surface area contributed by atoms with Crippen LogP contribution in [0.25, 0.3) is 0 Å². The number of amides is 1. The highest BCUT2D eigenvalue weighted by Crippen LogP contribution is 2.20. The van der Waals surface area contributed by atoms with Crippen molar-refractivity contribution in [1.82, 2.24) is 9.71 Å². The monoisotopic (exact) mass is 304 g/mol. The van der Waals surface area contributed by atoms with Gasteiger partial charge in [0.25, 0.3) is 10.0 Å². The molecule has 0 saturated carbocycles. The van der Waals surface area contributed by atoms with E-state index >= 15 is 0 Å². The Morgan fingerprint density at radius 2 is 1.90 bits per heavy atom. The van der Waals surface area contributed by atoms with E-state index < -0.39 is 21.8 Å². The SMILES string of the molecule is CC[C@H](C(=O)NS(=O)(=O)c1cccnc1)c1ccccc1. The number of carbonyl (C=O) groups is 1. The Balaban J connectivity index is 2.21. The van der Waals surface area contributed by atoms with Crippen LogP contribution in [0.5, 0.6) is 0 Å². The van der Waals surface area contributed by atoms with E-state index in [0.717, 1.165) is 5.56 Å². The first kappa shape index (κ1) is 15.2. The van der Waals surface area contributed by atoms with Crippen LogP contribution in [-0.2, 0) is 14.8 Å². The van der Waals surface area contributed by atoms with Crippen molar-refractivity contribution in [1.29, 1.82) is 0 Å². The minimum Gasteiger partial charge on any atom is -0.273 e. The zero-order chi connectivity index (χ0) is 15.3. The van der Waals surface area contributed by atoms with Crippen molar-refractivity contribution >= 4 is 15.9 Å². The molecule has 5 nitrogen and oxygen atoms in total. The minimum atomic E-state index is -3.88.